The molecular formula is C49H31N3S. The molecule has 11 aromatic rings. The van der Waals surface area contributed by atoms with Gasteiger partial charge in [0.25, 0.3) is 0 Å². The summed E-state index contributed by atoms with van der Waals surface area (Å²) in [4.78, 5) is 11.1. The fraction of sp³-hybridized carbons (Fsp3) is 0.0612. The third-order valence-electron chi connectivity index (χ3n) is 11.8. The van der Waals surface area contributed by atoms with Crippen LogP contribution in [0.25, 0.3) is 103 Å². The van der Waals surface area contributed by atoms with Crippen molar-refractivity contribution >= 4 is 85.9 Å². The highest BCUT2D eigenvalue weighted by Gasteiger charge is 2.35. The molecule has 0 fully saturated rings. The molecular weight excluding hydrogens is 663 g/mol. The van der Waals surface area contributed by atoms with Gasteiger partial charge in [0.2, 0.25) is 0 Å². The van der Waals surface area contributed by atoms with E-state index in [1.807, 2.05) is 11.3 Å². The third kappa shape index (κ3) is 3.88. The number of rotatable bonds is 2. The summed E-state index contributed by atoms with van der Waals surface area (Å²) < 4.78 is 5.03. The number of hydrogen-bond donors (Lipinski definition) is 0. The molecule has 0 atom stereocenters. The van der Waals surface area contributed by atoms with Crippen LogP contribution in [0.3, 0.4) is 0 Å². The molecule has 0 saturated carbocycles. The predicted octanol–water partition coefficient (Wildman–Crippen LogP) is 13.4. The van der Waals surface area contributed by atoms with Crippen LogP contribution in [0.15, 0.2) is 152 Å². The van der Waals surface area contributed by atoms with E-state index in [2.05, 4.69) is 170 Å². The minimum Gasteiger partial charge on any atom is -0.291 e. The lowest BCUT2D eigenvalue weighted by Crippen LogP contribution is -2.15. The molecule has 4 heteroatoms. The van der Waals surface area contributed by atoms with Gasteiger partial charge in [-0.15, -0.1) is 11.3 Å². The Morgan fingerprint density at radius 1 is 0.491 bits per heavy atom. The van der Waals surface area contributed by atoms with Gasteiger partial charge in [0.05, 0.1) is 22.1 Å². The van der Waals surface area contributed by atoms with Gasteiger partial charge < -0.3 is 0 Å². The standard InChI is InChI=1S/C49H31N3S/c1-49(2)38-19-9-7-15-31(38)32-24-23-28(25-39(32)49)46-48(51-41-21-11-10-20-40(41)50-46)52-42-26-36-33-16-8-12-22-43(33)53-44(36)27-37(42)45-34-17-5-3-13-29(34)30-14-4-6-18-35(30)47(45)52/h3-27H,1-2H3. The number of para-hydroxylation sites is 2. The van der Waals surface area contributed by atoms with Crippen LogP contribution in [0, 0.1) is 0 Å². The van der Waals surface area contributed by atoms with Gasteiger partial charge in [-0.2, -0.15) is 0 Å². The van der Waals surface area contributed by atoms with Crippen molar-refractivity contribution in [3.63, 3.8) is 0 Å². The molecule has 8 aromatic carbocycles. The maximum atomic E-state index is 5.58. The number of aromatic nitrogens is 3. The van der Waals surface area contributed by atoms with Gasteiger partial charge in [-0.3, -0.25) is 4.57 Å². The van der Waals surface area contributed by atoms with Crippen molar-refractivity contribution in [3.8, 4) is 28.2 Å². The molecule has 0 saturated heterocycles. The highest BCUT2D eigenvalue weighted by molar-refractivity contribution is 7.25. The van der Waals surface area contributed by atoms with Gasteiger partial charge in [0.1, 0.15) is 5.69 Å². The highest BCUT2D eigenvalue weighted by Crippen LogP contribution is 2.51. The number of benzene rings is 8. The van der Waals surface area contributed by atoms with Gasteiger partial charge in [-0.1, -0.05) is 129 Å². The first-order valence-electron chi connectivity index (χ1n) is 18.3. The van der Waals surface area contributed by atoms with Crippen molar-refractivity contribution in [1.29, 1.82) is 0 Å². The van der Waals surface area contributed by atoms with E-state index >= 15 is 0 Å². The Labute approximate surface area is 309 Å². The van der Waals surface area contributed by atoms with Crippen molar-refractivity contribution in [2.45, 2.75) is 19.3 Å². The largest absolute Gasteiger partial charge is 0.291 e. The highest BCUT2D eigenvalue weighted by atomic mass is 32.1. The van der Waals surface area contributed by atoms with E-state index in [1.54, 1.807) is 0 Å². The van der Waals surface area contributed by atoms with Crippen LogP contribution < -0.4 is 0 Å². The lowest BCUT2D eigenvalue weighted by Gasteiger charge is -2.22. The fourth-order valence-corrected chi connectivity index (χ4v) is 10.4. The van der Waals surface area contributed by atoms with Gasteiger partial charge in [0.15, 0.2) is 5.82 Å². The summed E-state index contributed by atoms with van der Waals surface area (Å²) in [6.45, 7) is 4.68. The minimum atomic E-state index is -0.139. The molecule has 53 heavy (non-hydrogen) atoms. The summed E-state index contributed by atoms with van der Waals surface area (Å²) in [7, 11) is 0. The smallest absolute Gasteiger partial charge is 0.165 e. The summed E-state index contributed by atoms with van der Waals surface area (Å²) in [6.07, 6.45) is 0. The Balaban J connectivity index is 1.28. The average Bonchev–Trinajstić information content (AvgIpc) is 3.81. The molecule has 0 amide bonds. The van der Waals surface area contributed by atoms with Crippen LogP contribution in [-0.2, 0) is 5.41 Å². The zero-order valence-electron chi connectivity index (χ0n) is 29.2. The van der Waals surface area contributed by atoms with E-state index in [1.165, 1.54) is 74.7 Å². The van der Waals surface area contributed by atoms with E-state index in [-0.39, 0.29) is 5.41 Å². The Bertz CT molecular complexity index is 3380. The Morgan fingerprint density at radius 2 is 1.13 bits per heavy atom. The van der Waals surface area contributed by atoms with Crippen molar-refractivity contribution in [2.75, 3.05) is 0 Å². The van der Waals surface area contributed by atoms with Crippen molar-refractivity contribution in [3.05, 3.63) is 163 Å². The SMILES string of the molecule is CC1(C)c2ccccc2-c2ccc(-c3nc4ccccc4nc3-n3c4cc5c(cc4c4c6ccccc6c6ccccc6c43)sc3ccccc35)cc21. The number of hydrogen-bond acceptors (Lipinski definition) is 3. The first-order valence-corrected chi connectivity index (χ1v) is 19.1. The molecule has 0 N–H and O–H groups in total. The molecule has 3 nitrogen and oxygen atoms in total. The zero-order valence-corrected chi connectivity index (χ0v) is 30.0. The molecule has 1 aliphatic carbocycles. The van der Waals surface area contributed by atoms with E-state index in [4.69, 9.17) is 9.97 Å². The minimum absolute atomic E-state index is 0.139. The van der Waals surface area contributed by atoms with Crippen molar-refractivity contribution < 1.29 is 0 Å². The van der Waals surface area contributed by atoms with Crippen LogP contribution in [0.4, 0.5) is 0 Å². The second-order valence-electron chi connectivity index (χ2n) is 14.9. The second-order valence-corrected chi connectivity index (χ2v) is 16.0. The monoisotopic (exact) mass is 693 g/mol. The first kappa shape index (κ1) is 29.2. The number of nitrogens with zero attached hydrogens (tertiary/aromatic N) is 3. The Hall–Kier alpha value is -6.36. The number of fused-ring (bicyclic) bond motifs is 15. The molecule has 0 radical (unpaired) electrons. The molecule has 3 heterocycles. The van der Waals surface area contributed by atoms with E-state index in [0.29, 0.717) is 0 Å². The van der Waals surface area contributed by atoms with Crippen molar-refractivity contribution in [1.82, 2.24) is 14.5 Å². The van der Waals surface area contributed by atoms with Gasteiger partial charge in [0, 0.05) is 47.3 Å². The topological polar surface area (TPSA) is 30.7 Å². The summed E-state index contributed by atoms with van der Waals surface area (Å²) in [5.41, 5.74) is 11.2. The Kier molecular flexibility index (Phi) is 5.72. The maximum Gasteiger partial charge on any atom is 0.165 e. The zero-order chi connectivity index (χ0) is 35.0. The summed E-state index contributed by atoms with van der Waals surface area (Å²) in [6, 6.07) is 55.4. The molecule has 3 aromatic heterocycles. The molecule has 12 rings (SSSR count). The maximum absolute atomic E-state index is 5.58. The van der Waals surface area contributed by atoms with E-state index < -0.39 is 0 Å². The lowest BCUT2D eigenvalue weighted by molar-refractivity contribution is 0.660. The summed E-state index contributed by atoms with van der Waals surface area (Å²) in [5, 5.41) is 9.98. The van der Waals surface area contributed by atoms with E-state index in [0.717, 1.165) is 39.1 Å². The van der Waals surface area contributed by atoms with Crippen LogP contribution >= 0.6 is 11.3 Å². The molecule has 0 aliphatic heterocycles. The van der Waals surface area contributed by atoms with Crippen molar-refractivity contribution in [2.24, 2.45) is 0 Å². The normalized spacial score (nSPS) is 13.6. The average molecular weight is 694 g/mol. The Morgan fingerprint density at radius 3 is 1.96 bits per heavy atom. The van der Waals surface area contributed by atoms with Crippen LogP contribution in [0.5, 0.6) is 0 Å². The predicted molar refractivity (Wildman–Crippen MR) is 225 cm³/mol. The lowest BCUT2D eigenvalue weighted by atomic mass is 9.82. The van der Waals surface area contributed by atoms with Gasteiger partial charge in [-0.25, -0.2) is 9.97 Å². The second kappa shape index (κ2) is 10.4. The molecule has 0 bridgehead atoms. The molecule has 248 valence electrons. The van der Waals surface area contributed by atoms with Gasteiger partial charge in [-0.05, 0) is 74.8 Å². The summed E-state index contributed by atoms with van der Waals surface area (Å²) >= 11 is 1.87. The molecule has 0 spiro atoms. The van der Waals surface area contributed by atoms with Gasteiger partial charge >= 0.3 is 0 Å². The fourth-order valence-electron chi connectivity index (χ4n) is 9.31. The number of thiophene rings is 1. The third-order valence-corrected chi connectivity index (χ3v) is 12.9. The quantitative estimate of drug-likeness (QED) is 0.169. The summed E-state index contributed by atoms with van der Waals surface area (Å²) in [5.74, 6) is 0.844. The first-order chi connectivity index (χ1) is 26.0. The van der Waals surface area contributed by atoms with Crippen LogP contribution in [-0.4, -0.2) is 14.5 Å². The molecule has 0 unspecified atom stereocenters. The molecule has 1 aliphatic rings. The van der Waals surface area contributed by atoms with Crippen LogP contribution in [0.2, 0.25) is 0 Å². The van der Waals surface area contributed by atoms with E-state index in [9.17, 15) is 0 Å². The van der Waals surface area contributed by atoms with Crippen LogP contribution in [0.1, 0.15) is 25.0 Å².